The van der Waals surface area contributed by atoms with Crippen molar-refractivity contribution in [1.29, 1.82) is 0 Å². The molecule has 252 valence electrons. The molecule has 13 heteroatoms. The van der Waals surface area contributed by atoms with Crippen molar-refractivity contribution >= 4 is 42.8 Å². The number of sulfonamides is 1. The first-order valence-corrected chi connectivity index (χ1v) is 19.0. The highest BCUT2D eigenvalue weighted by Crippen LogP contribution is 2.47. The number of aromatic nitrogens is 1. The molecular weight excluding hydrogens is 644 g/mol. The van der Waals surface area contributed by atoms with Gasteiger partial charge in [0.05, 0.1) is 27.8 Å². The zero-order chi connectivity index (χ0) is 32.3. The average molecular weight is 685 g/mol. The van der Waals surface area contributed by atoms with Gasteiger partial charge in [0.15, 0.2) is 11.4 Å². The second-order valence-corrected chi connectivity index (χ2v) is 17.4. The molecule has 6 atom stereocenters. The van der Waals surface area contributed by atoms with Crippen molar-refractivity contribution < 1.29 is 31.8 Å². The molecule has 3 aliphatic carbocycles. The normalized spacial score (nSPS) is 28.0. The summed E-state index contributed by atoms with van der Waals surface area (Å²) in [5.74, 6) is 0.104. The number of carbonyl (C=O) groups is 1. The average Bonchev–Trinajstić information content (AvgIpc) is 3.94. The molecule has 0 radical (unpaired) electrons. The van der Waals surface area contributed by atoms with Crippen LogP contribution < -0.4 is 10.6 Å². The lowest BCUT2D eigenvalue weighted by Crippen LogP contribution is -2.48. The van der Waals surface area contributed by atoms with Gasteiger partial charge >= 0.3 is 6.09 Å². The Morgan fingerprint density at radius 3 is 2.74 bits per heavy atom. The van der Waals surface area contributed by atoms with Crippen molar-refractivity contribution in [3.05, 3.63) is 53.8 Å². The summed E-state index contributed by atoms with van der Waals surface area (Å²) >= 11 is 1.47. The lowest BCUT2D eigenvalue weighted by Gasteiger charge is -2.36. The molecule has 2 saturated heterocycles. The summed E-state index contributed by atoms with van der Waals surface area (Å²) in [5.41, 5.74) is 1.53. The summed E-state index contributed by atoms with van der Waals surface area (Å²) in [6.07, 6.45) is 5.31. The fourth-order valence-electron chi connectivity index (χ4n) is 7.24. The Morgan fingerprint density at radius 1 is 1.17 bits per heavy atom. The number of carbonyl (C=O) groups excluding carboxylic acids is 1. The van der Waals surface area contributed by atoms with Crippen LogP contribution in [0.25, 0.3) is 10.2 Å². The van der Waals surface area contributed by atoms with Crippen molar-refractivity contribution in [2.45, 2.75) is 93.8 Å². The summed E-state index contributed by atoms with van der Waals surface area (Å²) in [5, 5.41) is 7.25. The number of rotatable bonds is 13. The summed E-state index contributed by atoms with van der Waals surface area (Å²) in [4.78, 5) is 18.3. The van der Waals surface area contributed by atoms with E-state index in [1.807, 2.05) is 0 Å². The fraction of sp³-hybridized carbons (Fsp3) is 0.588. The van der Waals surface area contributed by atoms with Crippen molar-refractivity contribution in [3.63, 3.8) is 0 Å². The van der Waals surface area contributed by atoms with Gasteiger partial charge in [-0.15, -0.1) is 0 Å². The lowest BCUT2D eigenvalue weighted by atomic mass is 9.78. The molecule has 5 fully saturated rings. The van der Waals surface area contributed by atoms with Crippen LogP contribution in [0, 0.1) is 23.1 Å². The number of nitrogens with one attached hydrogen (secondary N) is 2. The second-order valence-electron chi connectivity index (χ2n) is 14.4. The monoisotopic (exact) mass is 684 g/mol. The molecule has 8 rings (SSSR count). The molecule has 3 aromatic rings. The highest BCUT2D eigenvalue weighted by molar-refractivity contribution is 7.89. The fourth-order valence-corrected chi connectivity index (χ4v) is 9.93. The van der Waals surface area contributed by atoms with Crippen LogP contribution in [0.4, 0.5) is 14.3 Å². The van der Waals surface area contributed by atoms with Crippen molar-refractivity contribution in [2.75, 3.05) is 25.0 Å². The van der Waals surface area contributed by atoms with E-state index in [4.69, 9.17) is 14.2 Å². The minimum Gasteiger partial charge on any atom is -0.443 e. The van der Waals surface area contributed by atoms with Gasteiger partial charge in [0.1, 0.15) is 11.9 Å². The summed E-state index contributed by atoms with van der Waals surface area (Å²) in [6.45, 7) is 3.21. The maximum Gasteiger partial charge on any atom is 0.407 e. The molecule has 3 heterocycles. The first-order chi connectivity index (χ1) is 22.6. The number of alkyl carbamates (subject to hydrolysis) is 1. The molecule has 4 unspecified atom stereocenters. The number of hydrogen-bond acceptors (Lipinski definition) is 9. The van der Waals surface area contributed by atoms with Crippen LogP contribution >= 0.6 is 11.3 Å². The van der Waals surface area contributed by atoms with Crippen molar-refractivity contribution in [1.82, 2.24) is 14.6 Å². The minimum atomic E-state index is -3.86. The Morgan fingerprint density at radius 2 is 1.98 bits per heavy atom. The molecule has 5 aliphatic rings. The van der Waals surface area contributed by atoms with E-state index in [1.165, 1.54) is 23.5 Å². The van der Waals surface area contributed by atoms with E-state index < -0.39 is 28.3 Å². The largest absolute Gasteiger partial charge is 0.443 e. The first kappa shape index (κ1) is 31.4. The Labute approximate surface area is 278 Å². The number of thiazole rings is 1. The van der Waals surface area contributed by atoms with E-state index in [-0.39, 0.29) is 41.0 Å². The molecule has 0 spiro atoms. The third-order valence-electron chi connectivity index (χ3n) is 10.4. The number of ether oxygens (including phenoxy) is 3. The Kier molecular flexibility index (Phi) is 8.19. The van der Waals surface area contributed by atoms with Gasteiger partial charge in [-0.3, -0.25) is 0 Å². The molecule has 2 aliphatic heterocycles. The Bertz CT molecular complexity index is 1740. The highest BCUT2D eigenvalue weighted by atomic mass is 32.2. The quantitative estimate of drug-likeness (QED) is 0.236. The SMILES string of the molecule is CC1(CN(CC[C@H](Cc2ccc(F)cc2)NC(=O)O[C@H]2C3COC4OC2CC4C3)S(=O)(=O)c2ccc3nc(NC4CC4)sc3c2)CC1. The Hall–Kier alpha value is -2.84. The van der Waals surface area contributed by atoms with Gasteiger partial charge in [-0.05, 0) is 92.7 Å². The van der Waals surface area contributed by atoms with Crippen molar-refractivity contribution in [3.8, 4) is 0 Å². The lowest BCUT2D eigenvalue weighted by molar-refractivity contribution is -0.153. The zero-order valence-corrected chi connectivity index (χ0v) is 28.0. The molecule has 3 saturated carbocycles. The van der Waals surface area contributed by atoms with Crippen LogP contribution in [-0.4, -0.2) is 74.1 Å². The predicted molar refractivity (Wildman–Crippen MR) is 175 cm³/mol. The van der Waals surface area contributed by atoms with Gasteiger partial charge in [-0.2, -0.15) is 4.31 Å². The van der Waals surface area contributed by atoms with Crippen LogP contribution in [0.5, 0.6) is 0 Å². The van der Waals surface area contributed by atoms with E-state index in [0.29, 0.717) is 38.0 Å². The van der Waals surface area contributed by atoms with E-state index in [9.17, 15) is 17.6 Å². The van der Waals surface area contributed by atoms with Crippen LogP contribution in [0.3, 0.4) is 0 Å². The number of amides is 1. The second kappa shape index (κ2) is 12.2. The maximum absolute atomic E-state index is 14.2. The summed E-state index contributed by atoms with van der Waals surface area (Å²) in [6, 6.07) is 11.3. The van der Waals surface area contributed by atoms with Crippen molar-refractivity contribution in [2.24, 2.45) is 17.3 Å². The van der Waals surface area contributed by atoms with Crippen LogP contribution in [0.2, 0.25) is 0 Å². The van der Waals surface area contributed by atoms with Gasteiger partial charge in [-0.1, -0.05) is 30.4 Å². The molecule has 3 bridgehead atoms. The molecular formula is C34H41FN4O6S2. The minimum absolute atomic E-state index is 0.0802. The van der Waals surface area contributed by atoms with Crippen LogP contribution in [-0.2, 0) is 30.7 Å². The van der Waals surface area contributed by atoms with Gasteiger partial charge in [0.25, 0.3) is 0 Å². The summed E-state index contributed by atoms with van der Waals surface area (Å²) in [7, 11) is -3.86. The topological polar surface area (TPSA) is 119 Å². The number of fused-ring (bicyclic) bond motifs is 3. The molecule has 2 aromatic carbocycles. The number of anilines is 1. The summed E-state index contributed by atoms with van der Waals surface area (Å²) < 4.78 is 62.4. The number of nitrogens with zero attached hydrogens (tertiary/aromatic N) is 2. The molecule has 47 heavy (non-hydrogen) atoms. The van der Waals surface area contributed by atoms with Gasteiger partial charge < -0.3 is 24.8 Å². The van der Waals surface area contributed by atoms with Gasteiger partial charge in [0, 0.05) is 37.0 Å². The maximum atomic E-state index is 14.2. The number of halogens is 1. The van der Waals surface area contributed by atoms with E-state index in [1.54, 1.807) is 34.6 Å². The predicted octanol–water partition coefficient (Wildman–Crippen LogP) is 5.68. The molecule has 1 aromatic heterocycles. The van der Waals surface area contributed by atoms with E-state index in [2.05, 4.69) is 22.5 Å². The van der Waals surface area contributed by atoms with Crippen LogP contribution in [0.15, 0.2) is 47.4 Å². The van der Waals surface area contributed by atoms with E-state index >= 15 is 0 Å². The number of benzene rings is 2. The highest BCUT2D eigenvalue weighted by Gasteiger charge is 2.53. The first-order valence-electron chi connectivity index (χ1n) is 16.8. The molecule has 10 nitrogen and oxygen atoms in total. The zero-order valence-electron chi connectivity index (χ0n) is 26.4. The Balaban J connectivity index is 0.999. The van der Waals surface area contributed by atoms with Gasteiger partial charge in [-0.25, -0.2) is 22.6 Å². The van der Waals surface area contributed by atoms with E-state index in [0.717, 1.165) is 59.4 Å². The smallest absolute Gasteiger partial charge is 0.407 e. The molecule has 1 amide bonds. The number of hydrogen-bond donors (Lipinski definition) is 2. The third-order valence-corrected chi connectivity index (χ3v) is 13.2. The standard InChI is InChI=1S/C34H41FN4O6S2/c1-34(11-12-34)19-39(47(41,42)26-8-9-27-29(17-26)46-32(38-27)36-24-6-7-24)13-10-25(14-20-2-4-23(35)5-3-20)37-33(40)45-30-22-15-21-16-28(30)44-31(21)43-18-22/h2-5,8-9,17,21-22,24-25,28,30-31H,6-7,10-16,18-19H2,1H3,(H,36,38)(H,37,40)/t21?,22?,25-,28?,30+,31?/m1/s1. The third kappa shape index (κ3) is 6.87. The molecule has 2 N–H and O–H groups in total. The van der Waals surface area contributed by atoms with Crippen LogP contribution in [0.1, 0.15) is 57.4 Å². The van der Waals surface area contributed by atoms with Gasteiger partial charge in [0.2, 0.25) is 10.0 Å².